The SMILES string of the molecule is Cc1nc(NC2CCCN(S(C)(=O)=O)C2)c2c(-c3ccccc3)csc2n1. The Morgan fingerprint density at radius 3 is 2.74 bits per heavy atom. The van der Waals surface area contributed by atoms with Gasteiger partial charge in [0, 0.05) is 30.1 Å². The zero-order valence-electron chi connectivity index (χ0n) is 15.3. The number of hydrogen-bond donors (Lipinski definition) is 1. The summed E-state index contributed by atoms with van der Waals surface area (Å²) in [6, 6.07) is 10.2. The maximum atomic E-state index is 11.9. The number of hydrogen-bond acceptors (Lipinski definition) is 6. The zero-order valence-corrected chi connectivity index (χ0v) is 17.0. The molecule has 2 aromatic heterocycles. The average molecular weight is 403 g/mol. The molecule has 6 nitrogen and oxygen atoms in total. The third-order valence-corrected chi connectivity index (χ3v) is 6.97. The summed E-state index contributed by atoms with van der Waals surface area (Å²) in [7, 11) is -3.18. The lowest BCUT2D eigenvalue weighted by Gasteiger charge is -2.31. The molecule has 8 heteroatoms. The predicted molar refractivity (Wildman–Crippen MR) is 111 cm³/mol. The Bertz CT molecular complexity index is 1060. The van der Waals surface area contributed by atoms with Gasteiger partial charge < -0.3 is 5.32 Å². The lowest BCUT2D eigenvalue weighted by atomic mass is 10.0. The molecule has 1 saturated heterocycles. The van der Waals surface area contributed by atoms with Crippen molar-refractivity contribution < 1.29 is 8.42 Å². The van der Waals surface area contributed by atoms with E-state index in [1.807, 2.05) is 25.1 Å². The second-order valence-corrected chi connectivity index (χ2v) is 9.76. The van der Waals surface area contributed by atoms with Crippen molar-refractivity contribution >= 4 is 37.4 Å². The van der Waals surface area contributed by atoms with Gasteiger partial charge in [-0.15, -0.1) is 11.3 Å². The van der Waals surface area contributed by atoms with Gasteiger partial charge in [0.2, 0.25) is 10.0 Å². The van der Waals surface area contributed by atoms with E-state index in [1.54, 1.807) is 15.6 Å². The molecule has 1 atom stereocenters. The summed E-state index contributed by atoms with van der Waals surface area (Å²) in [6.07, 6.45) is 3.03. The quantitative estimate of drug-likeness (QED) is 0.723. The van der Waals surface area contributed by atoms with Crippen LogP contribution in [0.1, 0.15) is 18.7 Å². The van der Waals surface area contributed by atoms with Crippen molar-refractivity contribution in [3.63, 3.8) is 0 Å². The molecule has 142 valence electrons. The number of aryl methyl sites for hydroxylation is 1. The first-order valence-corrected chi connectivity index (χ1v) is 11.7. The number of nitrogens with one attached hydrogen (secondary N) is 1. The van der Waals surface area contributed by atoms with Crippen LogP contribution in [0.25, 0.3) is 21.3 Å². The minimum atomic E-state index is -3.18. The van der Waals surface area contributed by atoms with Gasteiger partial charge in [-0.05, 0) is 25.3 Å². The number of anilines is 1. The van der Waals surface area contributed by atoms with Crippen molar-refractivity contribution in [3.8, 4) is 11.1 Å². The minimum absolute atomic E-state index is 0.0366. The Balaban J connectivity index is 1.72. The van der Waals surface area contributed by atoms with Gasteiger partial charge in [0.05, 0.1) is 11.6 Å². The van der Waals surface area contributed by atoms with Crippen LogP contribution in [0.5, 0.6) is 0 Å². The van der Waals surface area contributed by atoms with E-state index in [2.05, 4.69) is 32.8 Å². The van der Waals surface area contributed by atoms with E-state index in [-0.39, 0.29) is 6.04 Å². The van der Waals surface area contributed by atoms with E-state index in [0.717, 1.165) is 40.0 Å². The molecule has 27 heavy (non-hydrogen) atoms. The molecule has 0 aliphatic carbocycles. The Morgan fingerprint density at radius 1 is 1.22 bits per heavy atom. The first-order chi connectivity index (χ1) is 12.9. The molecule has 0 bridgehead atoms. The standard InChI is InChI=1S/C19H22N4O2S2/c1-13-20-18(22-15-9-6-10-23(11-15)27(2,24)25)17-16(12-26-19(17)21-13)14-7-4-3-5-8-14/h3-5,7-8,12,15H,6,9-11H2,1-2H3,(H,20,21,22). The topological polar surface area (TPSA) is 75.2 Å². The highest BCUT2D eigenvalue weighted by atomic mass is 32.2. The van der Waals surface area contributed by atoms with Crippen LogP contribution < -0.4 is 5.32 Å². The second-order valence-electron chi connectivity index (χ2n) is 6.92. The Morgan fingerprint density at radius 2 is 2.00 bits per heavy atom. The number of nitrogens with zero attached hydrogens (tertiary/aromatic N) is 3. The number of aromatic nitrogens is 2. The highest BCUT2D eigenvalue weighted by Crippen LogP contribution is 2.37. The molecular weight excluding hydrogens is 380 g/mol. The first-order valence-electron chi connectivity index (χ1n) is 8.95. The molecule has 0 saturated carbocycles. The number of sulfonamides is 1. The number of rotatable bonds is 4. The summed E-state index contributed by atoms with van der Waals surface area (Å²) in [5.41, 5.74) is 2.23. The number of thiophene rings is 1. The molecule has 1 unspecified atom stereocenters. The molecule has 1 aliphatic heterocycles. The van der Waals surface area contributed by atoms with E-state index in [0.29, 0.717) is 18.9 Å². The molecule has 1 aromatic carbocycles. The van der Waals surface area contributed by atoms with Crippen molar-refractivity contribution in [3.05, 3.63) is 41.5 Å². The van der Waals surface area contributed by atoms with Crippen LogP contribution in [0.3, 0.4) is 0 Å². The third kappa shape index (κ3) is 3.83. The lowest BCUT2D eigenvalue weighted by molar-refractivity contribution is 0.329. The Kier molecular flexibility index (Phi) is 4.88. The van der Waals surface area contributed by atoms with Gasteiger partial charge in [-0.3, -0.25) is 0 Å². The average Bonchev–Trinajstić information content (AvgIpc) is 3.06. The highest BCUT2D eigenvalue weighted by Gasteiger charge is 2.27. The van der Waals surface area contributed by atoms with Gasteiger partial charge in [0.1, 0.15) is 16.5 Å². The normalized spacial score (nSPS) is 18.7. The fraction of sp³-hybridized carbons (Fsp3) is 0.368. The van der Waals surface area contributed by atoms with Crippen molar-refractivity contribution in [2.45, 2.75) is 25.8 Å². The van der Waals surface area contributed by atoms with Crippen LogP contribution in [0, 0.1) is 6.92 Å². The van der Waals surface area contributed by atoms with E-state index in [9.17, 15) is 8.42 Å². The summed E-state index contributed by atoms with van der Waals surface area (Å²) >= 11 is 1.61. The molecule has 4 rings (SSSR count). The van der Waals surface area contributed by atoms with Gasteiger partial charge in [-0.1, -0.05) is 30.3 Å². The van der Waals surface area contributed by atoms with Crippen LogP contribution in [-0.4, -0.2) is 48.1 Å². The molecule has 3 heterocycles. The first kappa shape index (κ1) is 18.3. The fourth-order valence-electron chi connectivity index (χ4n) is 3.54. The van der Waals surface area contributed by atoms with Crippen LogP contribution >= 0.6 is 11.3 Å². The van der Waals surface area contributed by atoms with Gasteiger partial charge in [-0.25, -0.2) is 22.7 Å². The fourth-order valence-corrected chi connectivity index (χ4v) is 5.44. The van der Waals surface area contributed by atoms with E-state index in [1.165, 1.54) is 6.26 Å². The summed E-state index contributed by atoms with van der Waals surface area (Å²) < 4.78 is 25.4. The van der Waals surface area contributed by atoms with Gasteiger partial charge in [0.15, 0.2) is 0 Å². The van der Waals surface area contributed by atoms with Gasteiger partial charge in [-0.2, -0.15) is 0 Å². The third-order valence-electron chi connectivity index (χ3n) is 4.82. The summed E-state index contributed by atoms with van der Waals surface area (Å²) in [5.74, 6) is 1.50. The van der Waals surface area contributed by atoms with Crippen LogP contribution in [0.15, 0.2) is 35.7 Å². The van der Waals surface area contributed by atoms with Crippen molar-refractivity contribution in [1.29, 1.82) is 0 Å². The zero-order chi connectivity index (χ0) is 19.0. The molecule has 3 aromatic rings. The Labute approximate surface area is 163 Å². The Hall–Kier alpha value is -2.03. The largest absolute Gasteiger partial charge is 0.365 e. The van der Waals surface area contributed by atoms with Crippen LogP contribution in [0.2, 0.25) is 0 Å². The van der Waals surface area contributed by atoms with E-state index in [4.69, 9.17) is 0 Å². The van der Waals surface area contributed by atoms with Crippen LogP contribution in [0.4, 0.5) is 5.82 Å². The number of benzene rings is 1. The smallest absolute Gasteiger partial charge is 0.211 e. The molecule has 0 radical (unpaired) electrons. The molecule has 0 spiro atoms. The summed E-state index contributed by atoms with van der Waals surface area (Å²) in [4.78, 5) is 10.2. The van der Waals surface area contributed by atoms with E-state index >= 15 is 0 Å². The number of fused-ring (bicyclic) bond motifs is 1. The van der Waals surface area contributed by atoms with Crippen molar-refractivity contribution in [2.75, 3.05) is 24.7 Å². The number of piperidine rings is 1. The van der Waals surface area contributed by atoms with Gasteiger partial charge >= 0.3 is 0 Å². The molecule has 1 N–H and O–H groups in total. The minimum Gasteiger partial charge on any atom is -0.365 e. The van der Waals surface area contributed by atoms with Crippen molar-refractivity contribution in [2.24, 2.45) is 0 Å². The predicted octanol–water partition coefficient (Wildman–Crippen LogP) is 3.50. The molecular formula is C19H22N4O2S2. The lowest BCUT2D eigenvalue weighted by Crippen LogP contribution is -2.44. The second kappa shape index (κ2) is 7.18. The molecule has 1 fully saturated rings. The molecule has 0 amide bonds. The molecule has 1 aliphatic rings. The van der Waals surface area contributed by atoms with Gasteiger partial charge in [0.25, 0.3) is 0 Å². The van der Waals surface area contributed by atoms with Crippen LogP contribution in [-0.2, 0) is 10.0 Å². The summed E-state index contributed by atoms with van der Waals surface area (Å²) in [5, 5.41) is 6.63. The maximum Gasteiger partial charge on any atom is 0.211 e. The monoisotopic (exact) mass is 402 g/mol. The van der Waals surface area contributed by atoms with E-state index < -0.39 is 10.0 Å². The highest BCUT2D eigenvalue weighted by molar-refractivity contribution is 7.88. The maximum absolute atomic E-state index is 11.9. The summed E-state index contributed by atoms with van der Waals surface area (Å²) in [6.45, 7) is 2.94. The van der Waals surface area contributed by atoms with Crippen molar-refractivity contribution in [1.82, 2.24) is 14.3 Å².